The Morgan fingerprint density at radius 1 is 1.50 bits per heavy atom. The van der Waals surface area contributed by atoms with Crippen molar-refractivity contribution in [2.75, 3.05) is 0 Å². The van der Waals surface area contributed by atoms with Crippen LogP contribution in [0.4, 0.5) is 0 Å². The summed E-state index contributed by atoms with van der Waals surface area (Å²) < 4.78 is 4.74. The van der Waals surface area contributed by atoms with Crippen LogP contribution in [0.1, 0.15) is 5.89 Å². The zero-order chi connectivity index (χ0) is 8.55. The van der Waals surface area contributed by atoms with Gasteiger partial charge in [-0.25, -0.2) is 14.8 Å². The Morgan fingerprint density at radius 3 is 3.17 bits per heavy atom. The third-order valence-electron chi connectivity index (χ3n) is 1.41. The lowest BCUT2D eigenvalue weighted by Gasteiger charge is -1.93. The molecule has 5 heteroatoms. The number of rotatable bonds is 0. The third-order valence-corrected chi connectivity index (χ3v) is 1.41. The molecule has 5 nitrogen and oxygen atoms in total. The molecule has 0 amide bonds. The molecule has 60 valence electrons. The van der Waals surface area contributed by atoms with Gasteiger partial charge in [0.05, 0.1) is 0 Å². The molecule has 2 heterocycles. The van der Waals surface area contributed by atoms with E-state index in [1.165, 1.54) is 12.5 Å². The highest BCUT2D eigenvalue weighted by atomic mass is 16.4. The van der Waals surface area contributed by atoms with Crippen molar-refractivity contribution >= 4 is 11.0 Å². The van der Waals surface area contributed by atoms with Crippen LogP contribution in [0.3, 0.4) is 0 Å². The second-order valence-electron chi connectivity index (χ2n) is 2.28. The van der Waals surface area contributed by atoms with Crippen molar-refractivity contribution in [2.24, 2.45) is 0 Å². The molecule has 0 spiro atoms. The molecule has 0 aromatic carbocycles. The average Bonchev–Trinajstić information content (AvgIpc) is 2.04. The van der Waals surface area contributed by atoms with Crippen LogP contribution in [0.2, 0.25) is 0 Å². The van der Waals surface area contributed by atoms with Gasteiger partial charge in [-0.2, -0.15) is 4.98 Å². The fraction of sp³-hybridized carbons (Fsp3) is 0.143. The van der Waals surface area contributed by atoms with E-state index in [1.807, 2.05) is 0 Å². The number of aromatic nitrogens is 3. The second-order valence-corrected chi connectivity index (χ2v) is 2.28. The van der Waals surface area contributed by atoms with Crippen LogP contribution >= 0.6 is 0 Å². The van der Waals surface area contributed by atoms with Gasteiger partial charge in [0.2, 0.25) is 0 Å². The first-order chi connectivity index (χ1) is 5.77. The lowest BCUT2D eigenvalue weighted by molar-refractivity contribution is 0.466. The molecule has 0 aliphatic heterocycles. The van der Waals surface area contributed by atoms with Gasteiger partial charge in [0.1, 0.15) is 11.7 Å². The molecular weight excluding hydrogens is 158 g/mol. The van der Waals surface area contributed by atoms with E-state index >= 15 is 0 Å². The van der Waals surface area contributed by atoms with Crippen LogP contribution in [-0.2, 0) is 0 Å². The van der Waals surface area contributed by atoms with E-state index in [1.54, 1.807) is 6.92 Å². The van der Waals surface area contributed by atoms with Crippen LogP contribution in [-0.4, -0.2) is 15.0 Å². The Labute approximate surface area is 67.1 Å². The largest absolute Gasteiger partial charge is 0.408 e. The molecule has 0 saturated heterocycles. The molecule has 0 fully saturated rings. The summed E-state index contributed by atoms with van der Waals surface area (Å²) in [6.07, 6.45) is 2.73. The number of hydrogen-bond donors (Lipinski definition) is 0. The molecule has 0 saturated carbocycles. The van der Waals surface area contributed by atoms with E-state index in [0.717, 1.165) is 0 Å². The van der Waals surface area contributed by atoms with E-state index in [0.29, 0.717) is 16.9 Å². The third kappa shape index (κ3) is 0.952. The lowest BCUT2D eigenvalue weighted by atomic mass is 10.4. The predicted octanol–water partition coefficient (Wildman–Crippen LogP) is 0.286. The summed E-state index contributed by atoms with van der Waals surface area (Å²) in [5.74, 6) is 0.311. The van der Waals surface area contributed by atoms with Crippen molar-refractivity contribution in [3.8, 4) is 0 Å². The van der Waals surface area contributed by atoms with Crippen molar-refractivity contribution < 1.29 is 4.42 Å². The van der Waals surface area contributed by atoms with Crippen molar-refractivity contribution in [1.29, 1.82) is 0 Å². The second kappa shape index (κ2) is 2.37. The van der Waals surface area contributed by atoms with Gasteiger partial charge in [-0.05, 0) is 0 Å². The van der Waals surface area contributed by atoms with Crippen LogP contribution in [0.15, 0.2) is 21.7 Å². The van der Waals surface area contributed by atoms with Gasteiger partial charge in [0.25, 0.3) is 0 Å². The minimum absolute atomic E-state index is 0.308. The zero-order valence-corrected chi connectivity index (χ0v) is 6.31. The lowest BCUT2D eigenvalue weighted by Crippen LogP contribution is -2.04. The molecule has 0 aliphatic carbocycles. The van der Waals surface area contributed by atoms with Crippen molar-refractivity contribution in [3.63, 3.8) is 0 Å². The maximum absolute atomic E-state index is 11.1. The Hall–Kier alpha value is -1.78. The number of nitrogens with zero attached hydrogens (tertiary/aromatic N) is 3. The smallest absolute Gasteiger partial charge is 0.350 e. The van der Waals surface area contributed by atoms with E-state index in [-0.39, 0.29) is 0 Å². The van der Waals surface area contributed by atoms with Crippen LogP contribution < -0.4 is 5.63 Å². The Balaban J connectivity index is 2.99. The zero-order valence-electron chi connectivity index (χ0n) is 6.31. The van der Waals surface area contributed by atoms with E-state index in [2.05, 4.69) is 15.0 Å². The van der Waals surface area contributed by atoms with E-state index in [4.69, 9.17) is 4.42 Å². The fourth-order valence-corrected chi connectivity index (χ4v) is 0.917. The number of fused-ring (bicyclic) bond motifs is 1. The maximum Gasteiger partial charge on any atom is 0.350 e. The average molecular weight is 163 g/mol. The minimum Gasteiger partial charge on any atom is -0.408 e. The monoisotopic (exact) mass is 163 g/mol. The number of hydrogen-bond acceptors (Lipinski definition) is 5. The van der Waals surface area contributed by atoms with Crippen molar-refractivity contribution in [1.82, 2.24) is 15.0 Å². The van der Waals surface area contributed by atoms with Gasteiger partial charge in [-0.3, -0.25) is 0 Å². The first kappa shape index (κ1) is 6.90. The standard InChI is InChI=1S/C7H5N3O2/c1-4-10-6-5(7(11)12-4)2-8-3-9-6/h2-3H,1H3. The van der Waals surface area contributed by atoms with Gasteiger partial charge < -0.3 is 4.42 Å². The molecule has 0 aliphatic rings. The molecule has 2 rings (SSSR count). The summed E-state index contributed by atoms with van der Waals surface area (Å²) in [7, 11) is 0. The summed E-state index contributed by atoms with van der Waals surface area (Å²) >= 11 is 0. The quantitative estimate of drug-likeness (QED) is 0.558. The summed E-state index contributed by atoms with van der Waals surface area (Å²) in [6, 6.07) is 0. The van der Waals surface area contributed by atoms with Crippen LogP contribution in [0.5, 0.6) is 0 Å². The molecular formula is C7H5N3O2. The van der Waals surface area contributed by atoms with Crippen LogP contribution in [0, 0.1) is 6.92 Å². The summed E-state index contributed by atoms with van der Waals surface area (Å²) in [5, 5.41) is 0.308. The van der Waals surface area contributed by atoms with Crippen LogP contribution in [0.25, 0.3) is 11.0 Å². The first-order valence-corrected chi connectivity index (χ1v) is 3.35. The highest BCUT2D eigenvalue weighted by Gasteiger charge is 2.02. The SMILES string of the molecule is Cc1nc2ncncc2c(=O)o1. The maximum atomic E-state index is 11.1. The molecule has 12 heavy (non-hydrogen) atoms. The fourth-order valence-electron chi connectivity index (χ4n) is 0.917. The van der Waals surface area contributed by atoms with E-state index in [9.17, 15) is 4.79 Å². The first-order valence-electron chi connectivity index (χ1n) is 3.35. The Morgan fingerprint density at radius 2 is 2.33 bits per heavy atom. The molecule has 0 N–H and O–H groups in total. The van der Waals surface area contributed by atoms with Gasteiger partial charge in [0, 0.05) is 13.1 Å². The summed E-state index contributed by atoms with van der Waals surface area (Å²) in [6.45, 7) is 1.60. The molecule has 2 aromatic rings. The Bertz CT molecular complexity index is 477. The predicted molar refractivity (Wildman–Crippen MR) is 40.6 cm³/mol. The van der Waals surface area contributed by atoms with Gasteiger partial charge in [-0.15, -0.1) is 0 Å². The topological polar surface area (TPSA) is 68.9 Å². The van der Waals surface area contributed by atoms with Gasteiger partial charge in [0.15, 0.2) is 11.5 Å². The molecule has 0 atom stereocenters. The number of aryl methyl sites for hydroxylation is 1. The molecule has 2 aromatic heterocycles. The highest BCUT2D eigenvalue weighted by molar-refractivity contribution is 5.70. The van der Waals surface area contributed by atoms with Crippen molar-refractivity contribution in [2.45, 2.75) is 6.92 Å². The van der Waals surface area contributed by atoms with Gasteiger partial charge in [-0.1, -0.05) is 0 Å². The minimum atomic E-state index is -0.446. The summed E-state index contributed by atoms with van der Waals surface area (Å²) in [5.41, 5.74) is -0.0724. The van der Waals surface area contributed by atoms with Gasteiger partial charge >= 0.3 is 5.63 Å². The van der Waals surface area contributed by atoms with Crippen molar-refractivity contribution in [3.05, 3.63) is 28.8 Å². The molecule has 0 radical (unpaired) electrons. The summed E-state index contributed by atoms with van der Waals surface area (Å²) in [4.78, 5) is 22.5. The Kier molecular flexibility index (Phi) is 1.36. The molecule has 0 bridgehead atoms. The normalized spacial score (nSPS) is 10.4. The van der Waals surface area contributed by atoms with E-state index < -0.39 is 5.63 Å². The highest BCUT2D eigenvalue weighted by Crippen LogP contribution is 2.00. The molecule has 0 unspecified atom stereocenters.